The predicted octanol–water partition coefficient (Wildman–Crippen LogP) is 5.99. The Hall–Kier alpha value is -1.68. The summed E-state index contributed by atoms with van der Waals surface area (Å²) in [6.07, 6.45) is 11.9. The molecular formula is C21H28O3S. The van der Waals surface area contributed by atoms with E-state index in [4.69, 9.17) is 16.6 Å². The van der Waals surface area contributed by atoms with Crippen LogP contribution in [-0.4, -0.2) is 9.97 Å². The number of aromatic hydroxyl groups is 1. The Balaban J connectivity index is 0.000000196. The molecule has 136 valence electrons. The van der Waals surface area contributed by atoms with Gasteiger partial charge in [-0.3, -0.25) is 0 Å². The van der Waals surface area contributed by atoms with Crippen LogP contribution in [-0.2, 0) is 0 Å². The first-order valence-electron chi connectivity index (χ1n) is 9.30. The van der Waals surface area contributed by atoms with Gasteiger partial charge in [0.1, 0.15) is 16.9 Å². The molecule has 1 aromatic heterocycles. The second kappa shape index (κ2) is 9.71. The molecule has 0 spiro atoms. The van der Waals surface area contributed by atoms with Crippen LogP contribution in [0.5, 0.6) is 5.75 Å². The van der Waals surface area contributed by atoms with Gasteiger partial charge in [0.05, 0.1) is 5.39 Å². The Labute approximate surface area is 155 Å². The molecule has 2 aromatic rings. The first-order chi connectivity index (χ1) is 12.0. The van der Waals surface area contributed by atoms with Crippen molar-refractivity contribution in [3.63, 3.8) is 0 Å². The SMILES string of the molecule is CC(=S)c1c(O)c2ccccc2oc1=O.CCCCCCCC1CC1. The first-order valence-corrected chi connectivity index (χ1v) is 9.71. The summed E-state index contributed by atoms with van der Waals surface area (Å²) < 4.78 is 5.03. The highest BCUT2D eigenvalue weighted by atomic mass is 32.1. The van der Waals surface area contributed by atoms with E-state index in [1.807, 2.05) is 0 Å². The standard InChI is InChI=1S/C11H8O3S.C10H20/c1-6(15)9-10(12)7-4-2-3-5-8(7)14-11(9)13;1-2-3-4-5-6-7-10-8-9-10/h2-5,12H,1H3;10H,2-9H2,1H3. The largest absolute Gasteiger partial charge is 0.506 e. The van der Waals surface area contributed by atoms with Gasteiger partial charge in [-0.2, -0.15) is 0 Å². The molecule has 0 atom stereocenters. The molecule has 1 aromatic carbocycles. The van der Waals surface area contributed by atoms with Crippen molar-refractivity contribution in [3.05, 3.63) is 40.2 Å². The maximum absolute atomic E-state index is 11.5. The molecule has 0 aliphatic heterocycles. The van der Waals surface area contributed by atoms with Crippen molar-refractivity contribution in [2.45, 2.75) is 65.2 Å². The van der Waals surface area contributed by atoms with Gasteiger partial charge in [-0.1, -0.05) is 82.6 Å². The zero-order valence-electron chi connectivity index (χ0n) is 15.2. The summed E-state index contributed by atoms with van der Waals surface area (Å²) in [6.45, 7) is 3.86. The van der Waals surface area contributed by atoms with E-state index < -0.39 is 5.63 Å². The number of benzene rings is 1. The molecule has 1 fully saturated rings. The van der Waals surface area contributed by atoms with E-state index in [1.165, 1.54) is 51.4 Å². The van der Waals surface area contributed by atoms with Crippen LogP contribution < -0.4 is 5.63 Å². The van der Waals surface area contributed by atoms with Crippen molar-refractivity contribution >= 4 is 28.1 Å². The lowest BCUT2D eigenvalue weighted by atomic mass is 10.1. The van der Waals surface area contributed by atoms with E-state index in [0.717, 1.165) is 5.92 Å². The second-order valence-corrected chi connectivity index (χ2v) is 7.42. The molecule has 3 nitrogen and oxygen atoms in total. The summed E-state index contributed by atoms with van der Waals surface area (Å²) in [5.41, 5.74) is -0.164. The number of hydrogen-bond donors (Lipinski definition) is 1. The van der Waals surface area contributed by atoms with Gasteiger partial charge in [-0.15, -0.1) is 0 Å². The van der Waals surface area contributed by atoms with Crippen LogP contribution in [0, 0.1) is 5.92 Å². The molecule has 0 radical (unpaired) electrons. The number of unbranched alkanes of at least 4 members (excludes halogenated alkanes) is 4. The lowest BCUT2D eigenvalue weighted by Gasteiger charge is -2.03. The highest BCUT2D eigenvalue weighted by Gasteiger charge is 2.19. The van der Waals surface area contributed by atoms with Gasteiger partial charge in [0, 0.05) is 4.86 Å². The molecular weight excluding hydrogens is 332 g/mol. The highest BCUT2D eigenvalue weighted by molar-refractivity contribution is 7.80. The number of hydrogen-bond acceptors (Lipinski definition) is 4. The van der Waals surface area contributed by atoms with Crippen LogP contribution >= 0.6 is 12.2 Å². The Kier molecular flexibility index (Phi) is 7.63. The summed E-state index contributed by atoms with van der Waals surface area (Å²) >= 11 is 4.88. The third kappa shape index (κ3) is 5.96. The van der Waals surface area contributed by atoms with E-state index >= 15 is 0 Å². The van der Waals surface area contributed by atoms with E-state index in [2.05, 4.69) is 6.92 Å². The van der Waals surface area contributed by atoms with Gasteiger partial charge in [0.25, 0.3) is 0 Å². The fraction of sp³-hybridized carbons (Fsp3) is 0.524. The van der Waals surface area contributed by atoms with E-state index in [-0.39, 0.29) is 11.3 Å². The average Bonchev–Trinajstić information content (AvgIpc) is 3.39. The molecule has 1 aliphatic carbocycles. The third-order valence-electron chi connectivity index (χ3n) is 4.55. The number of rotatable bonds is 7. The van der Waals surface area contributed by atoms with Crippen LogP contribution in [0.1, 0.15) is 70.8 Å². The first kappa shape index (κ1) is 19.6. The van der Waals surface area contributed by atoms with E-state index in [9.17, 15) is 9.90 Å². The molecule has 0 amide bonds. The van der Waals surface area contributed by atoms with Crippen LogP contribution in [0.25, 0.3) is 11.0 Å². The Bertz CT molecular complexity index is 759. The zero-order chi connectivity index (χ0) is 18.2. The van der Waals surface area contributed by atoms with Crippen molar-refractivity contribution in [1.29, 1.82) is 0 Å². The van der Waals surface area contributed by atoms with Gasteiger partial charge in [-0.25, -0.2) is 4.79 Å². The molecule has 1 N–H and O–H groups in total. The summed E-state index contributed by atoms with van der Waals surface area (Å²) in [5, 5.41) is 10.3. The average molecular weight is 361 g/mol. The van der Waals surface area contributed by atoms with Crippen molar-refractivity contribution in [1.82, 2.24) is 0 Å². The van der Waals surface area contributed by atoms with Gasteiger partial charge in [-0.05, 0) is 25.0 Å². The fourth-order valence-electron chi connectivity index (χ4n) is 2.89. The van der Waals surface area contributed by atoms with Crippen molar-refractivity contribution in [2.24, 2.45) is 5.92 Å². The zero-order valence-corrected chi connectivity index (χ0v) is 16.0. The predicted molar refractivity (Wildman–Crippen MR) is 108 cm³/mol. The number of thiocarbonyl (C=S) groups is 1. The monoisotopic (exact) mass is 360 g/mol. The number of fused-ring (bicyclic) bond motifs is 1. The molecule has 1 heterocycles. The Morgan fingerprint density at radius 1 is 1.20 bits per heavy atom. The molecule has 25 heavy (non-hydrogen) atoms. The summed E-state index contributed by atoms with van der Waals surface area (Å²) in [7, 11) is 0. The second-order valence-electron chi connectivity index (χ2n) is 6.81. The van der Waals surface area contributed by atoms with Gasteiger partial charge in [0.15, 0.2) is 0 Å². The fourth-order valence-corrected chi connectivity index (χ4v) is 3.07. The molecule has 0 unspecified atom stereocenters. The minimum atomic E-state index is -0.598. The molecule has 3 rings (SSSR count). The highest BCUT2D eigenvalue weighted by Crippen LogP contribution is 2.34. The smallest absolute Gasteiger partial charge is 0.348 e. The van der Waals surface area contributed by atoms with Crippen LogP contribution in [0.3, 0.4) is 0 Å². The van der Waals surface area contributed by atoms with Crippen LogP contribution in [0.15, 0.2) is 33.5 Å². The third-order valence-corrected chi connectivity index (χ3v) is 4.75. The topological polar surface area (TPSA) is 50.4 Å². The lowest BCUT2D eigenvalue weighted by molar-refractivity contribution is 0.466. The summed E-state index contributed by atoms with van der Waals surface area (Å²) in [4.78, 5) is 11.8. The van der Waals surface area contributed by atoms with E-state index in [1.54, 1.807) is 31.2 Å². The molecule has 0 bridgehead atoms. The van der Waals surface area contributed by atoms with E-state index in [0.29, 0.717) is 15.8 Å². The summed E-state index contributed by atoms with van der Waals surface area (Å²) in [6, 6.07) is 6.79. The molecule has 1 aliphatic rings. The lowest BCUT2D eigenvalue weighted by Crippen LogP contribution is -2.11. The minimum absolute atomic E-state index is 0.0729. The maximum Gasteiger partial charge on any atom is 0.348 e. The summed E-state index contributed by atoms with van der Waals surface area (Å²) in [5.74, 6) is 1.05. The maximum atomic E-state index is 11.5. The van der Waals surface area contributed by atoms with Crippen molar-refractivity contribution in [2.75, 3.05) is 0 Å². The molecule has 0 saturated heterocycles. The molecule has 1 saturated carbocycles. The van der Waals surface area contributed by atoms with Crippen LogP contribution in [0.4, 0.5) is 0 Å². The Morgan fingerprint density at radius 2 is 1.88 bits per heavy atom. The Morgan fingerprint density at radius 3 is 2.52 bits per heavy atom. The van der Waals surface area contributed by atoms with Crippen LogP contribution in [0.2, 0.25) is 0 Å². The van der Waals surface area contributed by atoms with Crippen molar-refractivity contribution < 1.29 is 9.52 Å². The normalized spacial score (nSPS) is 13.4. The number of para-hydroxylation sites is 1. The van der Waals surface area contributed by atoms with Gasteiger partial charge < -0.3 is 9.52 Å². The minimum Gasteiger partial charge on any atom is -0.506 e. The molecule has 4 heteroatoms. The van der Waals surface area contributed by atoms with Crippen molar-refractivity contribution in [3.8, 4) is 5.75 Å². The van der Waals surface area contributed by atoms with Gasteiger partial charge in [0.2, 0.25) is 0 Å². The quantitative estimate of drug-likeness (QED) is 0.285. The van der Waals surface area contributed by atoms with Gasteiger partial charge >= 0.3 is 5.63 Å².